The Morgan fingerprint density at radius 2 is 1.93 bits per heavy atom. The second-order valence-corrected chi connectivity index (χ2v) is 8.14. The van der Waals surface area contributed by atoms with E-state index in [1.165, 1.54) is 12.1 Å². The third-order valence-corrected chi connectivity index (χ3v) is 6.24. The number of Topliss-reactive ketones (excluding diaryl/α,β-unsaturated/α-hetero) is 1. The molecule has 1 saturated heterocycles. The Morgan fingerprint density at radius 3 is 2.60 bits per heavy atom. The Bertz CT molecular complexity index is 972. The Morgan fingerprint density at radius 1 is 1.23 bits per heavy atom. The van der Waals surface area contributed by atoms with Gasteiger partial charge >= 0.3 is 11.9 Å². The lowest BCUT2D eigenvalue weighted by atomic mass is 9.80. The lowest BCUT2D eigenvalue weighted by Gasteiger charge is -2.28. The molecule has 1 heterocycles. The molecule has 0 unspecified atom stereocenters. The van der Waals surface area contributed by atoms with Gasteiger partial charge in [0.15, 0.2) is 5.78 Å². The van der Waals surface area contributed by atoms with Gasteiger partial charge in [-0.2, -0.15) is 0 Å². The van der Waals surface area contributed by atoms with Gasteiger partial charge in [0, 0.05) is 35.8 Å². The molecule has 2 fully saturated rings. The van der Waals surface area contributed by atoms with Crippen LogP contribution in [0.5, 0.6) is 5.75 Å². The van der Waals surface area contributed by atoms with Crippen molar-refractivity contribution in [3.63, 3.8) is 0 Å². The van der Waals surface area contributed by atoms with Gasteiger partial charge in [-0.1, -0.05) is 24.3 Å². The number of phenolic OH excluding ortho intramolecular Hbond substituents is 1. The molecule has 7 heteroatoms. The van der Waals surface area contributed by atoms with E-state index in [1.54, 1.807) is 19.1 Å². The molecule has 5 atom stereocenters. The molecular formula is C23H22O7. The number of aromatic hydroxyl groups is 1. The summed E-state index contributed by atoms with van der Waals surface area (Å²) in [4.78, 5) is 49.1. The summed E-state index contributed by atoms with van der Waals surface area (Å²) in [5, 5.41) is 9.38. The highest BCUT2D eigenvalue weighted by atomic mass is 16.6. The van der Waals surface area contributed by atoms with Gasteiger partial charge in [-0.25, -0.2) is 4.79 Å². The lowest BCUT2D eigenvalue weighted by molar-refractivity contribution is -0.152. The maximum atomic E-state index is 12.6. The molecule has 156 valence electrons. The average molecular weight is 410 g/mol. The number of fused-ring (bicyclic) bond motifs is 3. The third-order valence-electron chi connectivity index (χ3n) is 6.24. The molecule has 0 amide bonds. The van der Waals surface area contributed by atoms with Gasteiger partial charge in [0.1, 0.15) is 24.2 Å². The second-order valence-electron chi connectivity index (χ2n) is 8.14. The van der Waals surface area contributed by atoms with Crippen molar-refractivity contribution < 1.29 is 33.8 Å². The van der Waals surface area contributed by atoms with Crippen molar-refractivity contribution in [2.75, 3.05) is 0 Å². The predicted octanol–water partition coefficient (Wildman–Crippen LogP) is 2.07. The van der Waals surface area contributed by atoms with Crippen LogP contribution in [0.2, 0.25) is 0 Å². The minimum atomic E-state index is -0.759. The average Bonchev–Trinajstić information content (AvgIpc) is 3.15. The maximum Gasteiger partial charge on any atom is 0.334 e. The molecule has 0 bridgehead atoms. The SMILES string of the molecule is C=C1C(=O)O[C@H]2[C@@H]3C(=C(C)C[C@H](OC(=O)Cc4ccc(O)cc4)[C@@H]12)C(=O)C[C@H]3C=O. The van der Waals surface area contributed by atoms with E-state index in [9.17, 15) is 24.3 Å². The van der Waals surface area contributed by atoms with E-state index in [4.69, 9.17) is 9.47 Å². The van der Waals surface area contributed by atoms with Gasteiger partial charge in [0.25, 0.3) is 0 Å². The molecule has 1 aliphatic heterocycles. The van der Waals surface area contributed by atoms with Crippen molar-refractivity contribution in [3.05, 3.63) is 53.1 Å². The number of esters is 2. The number of ketones is 1. The summed E-state index contributed by atoms with van der Waals surface area (Å²) in [6, 6.07) is 6.21. The number of aldehydes is 1. The normalized spacial score (nSPS) is 30.4. The number of phenols is 1. The van der Waals surface area contributed by atoms with E-state index in [0.29, 0.717) is 11.1 Å². The monoisotopic (exact) mass is 410 g/mol. The summed E-state index contributed by atoms with van der Waals surface area (Å²) in [5.74, 6) is -2.85. The van der Waals surface area contributed by atoms with E-state index in [1.807, 2.05) is 0 Å². The molecule has 1 saturated carbocycles. The van der Waals surface area contributed by atoms with Gasteiger partial charge in [0.05, 0.1) is 12.3 Å². The van der Waals surface area contributed by atoms with Crippen LogP contribution < -0.4 is 0 Å². The van der Waals surface area contributed by atoms with Crippen LogP contribution in [0.3, 0.4) is 0 Å². The Labute approximate surface area is 173 Å². The van der Waals surface area contributed by atoms with Gasteiger partial charge in [-0.15, -0.1) is 0 Å². The molecule has 7 nitrogen and oxygen atoms in total. The van der Waals surface area contributed by atoms with Crippen molar-refractivity contribution >= 4 is 24.0 Å². The first-order valence-electron chi connectivity index (χ1n) is 9.85. The number of carbonyl (C=O) groups is 4. The minimum Gasteiger partial charge on any atom is -0.508 e. The van der Waals surface area contributed by atoms with Crippen LogP contribution in [-0.2, 0) is 35.1 Å². The van der Waals surface area contributed by atoms with Gasteiger partial charge in [-0.05, 0) is 24.6 Å². The van der Waals surface area contributed by atoms with Crippen LogP contribution in [0.25, 0.3) is 0 Å². The third kappa shape index (κ3) is 3.34. The second kappa shape index (κ2) is 7.55. The van der Waals surface area contributed by atoms with Crippen molar-refractivity contribution in [2.45, 2.75) is 38.4 Å². The largest absolute Gasteiger partial charge is 0.508 e. The number of benzene rings is 1. The highest BCUT2D eigenvalue weighted by Crippen LogP contribution is 2.49. The molecule has 0 spiro atoms. The molecule has 1 N–H and O–H groups in total. The fraction of sp³-hybridized carbons (Fsp3) is 0.391. The number of rotatable bonds is 4. The smallest absolute Gasteiger partial charge is 0.334 e. The van der Waals surface area contributed by atoms with E-state index < -0.39 is 41.9 Å². The molecule has 4 rings (SSSR count). The summed E-state index contributed by atoms with van der Waals surface area (Å²) in [7, 11) is 0. The van der Waals surface area contributed by atoms with Crippen LogP contribution >= 0.6 is 0 Å². The molecule has 0 radical (unpaired) electrons. The number of carbonyl (C=O) groups excluding carboxylic acids is 4. The van der Waals surface area contributed by atoms with E-state index in [0.717, 1.165) is 11.9 Å². The number of ether oxygens (including phenoxy) is 2. The Balaban J connectivity index is 1.63. The fourth-order valence-electron chi connectivity index (χ4n) is 4.90. The summed E-state index contributed by atoms with van der Waals surface area (Å²) >= 11 is 0. The molecule has 1 aromatic carbocycles. The van der Waals surface area contributed by atoms with Crippen LogP contribution in [0.1, 0.15) is 25.3 Å². The number of hydrogen-bond donors (Lipinski definition) is 1. The summed E-state index contributed by atoms with van der Waals surface area (Å²) in [6.07, 6.45) is -0.390. The summed E-state index contributed by atoms with van der Waals surface area (Å²) < 4.78 is 11.3. The van der Waals surface area contributed by atoms with E-state index in [-0.39, 0.29) is 36.4 Å². The molecular weight excluding hydrogens is 388 g/mol. The molecule has 30 heavy (non-hydrogen) atoms. The quantitative estimate of drug-likeness (QED) is 0.460. The van der Waals surface area contributed by atoms with Crippen LogP contribution in [-0.4, -0.2) is 41.3 Å². The van der Waals surface area contributed by atoms with Gasteiger partial charge < -0.3 is 19.4 Å². The zero-order valence-corrected chi connectivity index (χ0v) is 16.5. The first-order valence-corrected chi connectivity index (χ1v) is 9.85. The van der Waals surface area contributed by atoms with Crippen LogP contribution in [0.4, 0.5) is 0 Å². The Kier molecular flexibility index (Phi) is 5.05. The molecule has 3 aliphatic rings. The summed E-state index contributed by atoms with van der Waals surface area (Å²) in [5.41, 5.74) is 2.13. The first-order chi connectivity index (χ1) is 14.3. The Hall–Kier alpha value is -3.22. The number of hydrogen-bond acceptors (Lipinski definition) is 7. The zero-order valence-electron chi connectivity index (χ0n) is 16.5. The van der Waals surface area contributed by atoms with Crippen molar-refractivity contribution in [1.29, 1.82) is 0 Å². The van der Waals surface area contributed by atoms with E-state index >= 15 is 0 Å². The predicted molar refractivity (Wildman–Crippen MR) is 104 cm³/mol. The van der Waals surface area contributed by atoms with Crippen molar-refractivity contribution in [3.8, 4) is 5.75 Å². The fourth-order valence-corrected chi connectivity index (χ4v) is 4.90. The maximum absolute atomic E-state index is 12.6. The molecule has 1 aromatic rings. The molecule has 0 aromatic heterocycles. The van der Waals surface area contributed by atoms with Gasteiger partial charge in [0.2, 0.25) is 0 Å². The van der Waals surface area contributed by atoms with Gasteiger partial charge in [-0.3, -0.25) is 9.59 Å². The highest BCUT2D eigenvalue weighted by Gasteiger charge is 2.56. The standard InChI is InChI=1S/C23H22O7/c1-11-7-17(29-18(27)8-13-3-5-15(25)6-4-13)20-12(2)23(28)30-22(20)21-14(10-24)9-16(26)19(11)21/h3-6,10,14,17,20-22,25H,2,7-9H2,1H3/t14-,17-,20+,21-,22+/m0/s1. The zero-order chi connectivity index (χ0) is 21.6. The summed E-state index contributed by atoms with van der Waals surface area (Å²) in [6.45, 7) is 5.63. The van der Waals surface area contributed by atoms with Crippen LogP contribution in [0.15, 0.2) is 47.6 Å². The first kappa shape index (κ1) is 20.1. The van der Waals surface area contributed by atoms with Crippen molar-refractivity contribution in [2.24, 2.45) is 17.8 Å². The lowest BCUT2D eigenvalue weighted by Crippen LogP contribution is -2.37. The minimum absolute atomic E-state index is 0.00954. The topological polar surface area (TPSA) is 107 Å². The van der Waals surface area contributed by atoms with Crippen molar-refractivity contribution in [1.82, 2.24) is 0 Å². The molecule has 2 aliphatic carbocycles. The highest BCUT2D eigenvalue weighted by molar-refractivity contribution is 6.02. The van der Waals surface area contributed by atoms with Crippen LogP contribution in [0, 0.1) is 17.8 Å². The van der Waals surface area contributed by atoms with E-state index in [2.05, 4.69) is 6.58 Å².